The van der Waals surface area contributed by atoms with Crippen molar-refractivity contribution in [2.45, 2.75) is 463 Å². The highest BCUT2D eigenvalue weighted by Gasteiger charge is 2.25. The molecule has 0 aliphatic heterocycles. The molecule has 0 aliphatic carbocycles. The lowest BCUT2D eigenvalue weighted by Crippen LogP contribution is -2.40. The fourth-order valence-electron chi connectivity index (χ4n) is 13.4. The number of allylic oxidation sites excluding steroid dienone is 8. The number of hydrogen-bond donors (Lipinski definition) is 1. The van der Waals surface area contributed by atoms with Gasteiger partial charge < -0.3 is 28.5 Å². The summed E-state index contributed by atoms with van der Waals surface area (Å²) in [6, 6.07) is 0. The number of esters is 2. The van der Waals surface area contributed by atoms with Gasteiger partial charge in [-0.1, -0.05) is 409 Å². The van der Waals surface area contributed by atoms with Gasteiger partial charge in [0.15, 0.2) is 6.10 Å². The van der Waals surface area contributed by atoms with Crippen LogP contribution in [0.25, 0.3) is 0 Å². The SMILES string of the molecule is CCCCCCC/C=C\C/C=C\C/C=C\CCCCCCCCCCCCCCCCCCCCC(=O)OC(COC(=O)CCCCCCCCCCCCCCCCCCCCCCCCCCCCCCC/C=C\CCCCCCCCCC)COC(OCC[N+](C)(C)C)C(=O)O. The summed E-state index contributed by atoms with van der Waals surface area (Å²) in [5, 5.41) is 9.79. The lowest BCUT2D eigenvalue weighted by atomic mass is 10.0. The normalized spacial score (nSPS) is 12.8. The minimum Gasteiger partial charge on any atom is -0.477 e. The largest absolute Gasteiger partial charge is 0.477 e. The molecule has 582 valence electrons. The second-order valence-electron chi connectivity index (χ2n) is 31.2. The van der Waals surface area contributed by atoms with Gasteiger partial charge in [0.2, 0.25) is 0 Å². The van der Waals surface area contributed by atoms with Gasteiger partial charge in [-0.25, -0.2) is 4.79 Å². The maximum absolute atomic E-state index is 13.0. The highest BCUT2D eigenvalue weighted by atomic mass is 16.7. The Bertz CT molecular complexity index is 1770. The Morgan fingerprint density at radius 2 is 0.545 bits per heavy atom. The van der Waals surface area contributed by atoms with Crippen LogP contribution in [0.3, 0.4) is 0 Å². The van der Waals surface area contributed by atoms with E-state index in [-0.39, 0.29) is 38.2 Å². The monoisotopic (exact) mass is 1390 g/mol. The molecule has 2 unspecified atom stereocenters. The van der Waals surface area contributed by atoms with Crippen molar-refractivity contribution in [2.75, 3.05) is 47.5 Å². The summed E-state index contributed by atoms with van der Waals surface area (Å²) in [6.07, 6.45) is 105. The number of hydrogen-bond acceptors (Lipinski definition) is 7. The van der Waals surface area contributed by atoms with Gasteiger partial charge in [-0.05, 0) is 77.0 Å². The van der Waals surface area contributed by atoms with Crippen LogP contribution in [0.2, 0.25) is 0 Å². The van der Waals surface area contributed by atoms with Crippen LogP contribution in [0.15, 0.2) is 48.6 Å². The Labute approximate surface area is 616 Å². The molecule has 9 heteroatoms. The van der Waals surface area contributed by atoms with E-state index in [1.54, 1.807) is 0 Å². The molecular formula is C90H170NO8+. The van der Waals surface area contributed by atoms with Crippen molar-refractivity contribution < 1.29 is 42.9 Å². The first-order valence-corrected chi connectivity index (χ1v) is 43.8. The van der Waals surface area contributed by atoms with Crippen LogP contribution >= 0.6 is 0 Å². The van der Waals surface area contributed by atoms with Gasteiger partial charge in [-0.15, -0.1) is 0 Å². The third-order valence-electron chi connectivity index (χ3n) is 20.1. The van der Waals surface area contributed by atoms with Gasteiger partial charge in [0, 0.05) is 12.8 Å². The molecule has 0 saturated carbocycles. The van der Waals surface area contributed by atoms with Crippen molar-refractivity contribution in [1.82, 2.24) is 0 Å². The maximum atomic E-state index is 13.0. The van der Waals surface area contributed by atoms with Crippen molar-refractivity contribution in [3.8, 4) is 0 Å². The molecule has 0 fully saturated rings. The zero-order valence-electron chi connectivity index (χ0n) is 66.9. The number of nitrogens with zero attached hydrogens (tertiary/aromatic N) is 1. The molecule has 0 spiro atoms. The quantitative estimate of drug-likeness (QED) is 0.0211. The first-order chi connectivity index (χ1) is 48.6. The highest BCUT2D eigenvalue weighted by molar-refractivity contribution is 5.71. The smallest absolute Gasteiger partial charge is 0.361 e. The van der Waals surface area contributed by atoms with E-state index in [0.717, 1.165) is 51.4 Å². The third-order valence-corrected chi connectivity index (χ3v) is 20.1. The second-order valence-corrected chi connectivity index (χ2v) is 31.2. The predicted octanol–water partition coefficient (Wildman–Crippen LogP) is 28.4. The second kappa shape index (κ2) is 80.9. The van der Waals surface area contributed by atoms with Crippen molar-refractivity contribution in [2.24, 2.45) is 0 Å². The molecule has 2 atom stereocenters. The summed E-state index contributed by atoms with van der Waals surface area (Å²) in [5.74, 6) is -1.97. The zero-order chi connectivity index (χ0) is 71.8. The summed E-state index contributed by atoms with van der Waals surface area (Å²) in [7, 11) is 6.00. The van der Waals surface area contributed by atoms with E-state index >= 15 is 0 Å². The van der Waals surface area contributed by atoms with Crippen molar-refractivity contribution in [1.29, 1.82) is 0 Å². The number of carbonyl (C=O) groups is 3. The number of likely N-dealkylation sites (N-methyl/N-ethyl adjacent to an activating group) is 1. The minimum atomic E-state index is -1.51. The van der Waals surface area contributed by atoms with Gasteiger partial charge in [0.25, 0.3) is 6.29 Å². The van der Waals surface area contributed by atoms with E-state index in [0.29, 0.717) is 17.4 Å². The summed E-state index contributed by atoms with van der Waals surface area (Å²) in [6.45, 7) is 4.94. The van der Waals surface area contributed by atoms with Gasteiger partial charge in [-0.3, -0.25) is 9.59 Å². The number of rotatable bonds is 83. The molecule has 99 heavy (non-hydrogen) atoms. The third kappa shape index (κ3) is 82.4. The number of carboxylic acids is 1. The van der Waals surface area contributed by atoms with E-state index in [4.69, 9.17) is 18.9 Å². The average molecular weight is 1390 g/mol. The van der Waals surface area contributed by atoms with Crippen LogP contribution in [0.5, 0.6) is 0 Å². The van der Waals surface area contributed by atoms with E-state index in [2.05, 4.69) is 62.5 Å². The average Bonchev–Trinajstić information content (AvgIpc) is 1.57. The van der Waals surface area contributed by atoms with Crippen molar-refractivity contribution >= 4 is 17.9 Å². The standard InChI is InChI=1S/C90H169NO8/c1-6-8-10-12-14-16-18-20-22-24-26-28-30-32-34-36-38-40-41-42-43-44-45-46-47-49-50-52-54-56-58-60-62-64-66-68-70-72-74-76-78-80-87(92)97-84-86(85-98-90(89(94)95)96-83-82-91(3,4)5)99-88(93)81-79-77-75-73-71-69-67-65-63-61-59-57-55-53-51-48-39-37-35-33-31-29-27-25-23-21-19-17-15-13-11-9-7-2/h19,21,24-27,31,33,86,90H,6-18,20,22-23,28-30,32,34-85H2,1-5H3/p+1/b21-19-,26-24-,27-25-,33-31-. The summed E-state index contributed by atoms with van der Waals surface area (Å²) < 4.78 is 23.1. The Balaban J connectivity index is 3.91. The van der Waals surface area contributed by atoms with E-state index < -0.39 is 18.4 Å². The van der Waals surface area contributed by atoms with Gasteiger partial charge >= 0.3 is 17.9 Å². The minimum absolute atomic E-state index is 0.176. The summed E-state index contributed by atoms with van der Waals surface area (Å²) in [4.78, 5) is 37.8. The first-order valence-electron chi connectivity index (χ1n) is 43.8. The molecule has 0 saturated heterocycles. The fourth-order valence-corrected chi connectivity index (χ4v) is 13.4. The lowest BCUT2D eigenvalue weighted by molar-refractivity contribution is -0.870. The molecule has 0 rings (SSSR count). The zero-order valence-corrected chi connectivity index (χ0v) is 66.9. The summed E-state index contributed by atoms with van der Waals surface area (Å²) >= 11 is 0. The Hall–Kier alpha value is -2.75. The Morgan fingerprint density at radius 3 is 0.818 bits per heavy atom. The van der Waals surface area contributed by atoms with E-state index in [1.807, 2.05) is 21.1 Å². The number of aliphatic carboxylic acids is 1. The van der Waals surface area contributed by atoms with Gasteiger partial charge in [0.05, 0.1) is 34.4 Å². The van der Waals surface area contributed by atoms with Gasteiger partial charge in [-0.2, -0.15) is 0 Å². The van der Waals surface area contributed by atoms with E-state index in [1.165, 1.54) is 372 Å². The molecule has 0 aromatic rings. The van der Waals surface area contributed by atoms with E-state index in [9.17, 15) is 19.5 Å². The molecule has 1 N–H and O–H groups in total. The van der Waals surface area contributed by atoms with Crippen molar-refractivity contribution in [3.63, 3.8) is 0 Å². The number of carboxylic acid groups (broad SMARTS) is 1. The lowest BCUT2D eigenvalue weighted by Gasteiger charge is -2.25. The molecule has 0 heterocycles. The van der Waals surface area contributed by atoms with Crippen LogP contribution in [0, 0.1) is 0 Å². The van der Waals surface area contributed by atoms with Crippen LogP contribution < -0.4 is 0 Å². The molecular weight excluding hydrogens is 1220 g/mol. The number of carbonyl (C=O) groups excluding carboxylic acids is 2. The molecule has 0 amide bonds. The topological polar surface area (TPSA) is 108 Å². The molecule has 0 aliphatic rings. The number of unbranched alkanes of at least 4 members (excludes halogenated alkanes) is 60. The van der Waals surface area contributed by atoms with Crippen LogP contribution in [-0.4, -0.2) is 87.4 Å². The van der Waals surface area contributed by atoms with Crippen LogP contribution in [-0.2, 0) is 33.3 Å². The van der Waals surface area contributed by atoms with Crippen molar-refractivity contribution in [3.05, 3.63) is 48.6 Å². The maximum Gasteiger partial charge on any atom is 0.361 e. The molecule has 0 aromatic carbocycles. The Morgan fingerprint density at radius 1 is 0.303 bits per heavy atom. The number of quaternary nitrogens is 1. The predicted molar refractivity (Wildman–Crippen MR) is 429 cm³/mol. The van der Waals surface area contributed by atoms with Gasteiger partial charge in [0.1, 0.15) is 13.2 Å². The fraction of sp³-hybridized carbons (Fsp3) is 0.878. The molecule has 0 aromatic heterocycles. The highest BCUT2D eigenvalue weighted by Crippen LogP contribution is 2.21. The summed E-state index contributed by atoms with van der Waals surface area (Å²) in [5.41, 5.74) is 0. The molecule has 9 nitrogen and oxygen atoms in total. The molecule has 0 radical (unpaired) electrons. The number of ether oxygens (including phenoxy) is 4. The first kappa shape index (κ1) is 96.2. The Kier molecular flexibility index (Phi) is 78.7. The van der Waals surface area contributed by atoms with Crippen LogP contribution in [0.1, 0.15) is 450 Å². The molecule has 0 bridgehead atoms. The van der Waals surface area contributed by atoms with Crippen LogP contribution in [0.4, 0.5) is 0 Å².